The van der Waals surface area contributed by atoms with Crippen LogP contribution >= 0.6 is 63.7 Å². The second-order valence-corrected chi connectivity index (χ2v) is 19.4. The number of rotatable bonds is 19. The monoisotopic (exact) mass is 858 g/mol. The van der Waals surface area contributed by atoms with Crippen LogP contribution in [0.15, 0.2) is 43.2 Å². The predicted molar refractivity (Wildman–Crippen MR) is 208 cm³/mol. The van der Waals surface area contributed by atoms with Gasteiger partial charge in [-0.2, -0.15) is 0 Å². The SMILES string of the molecule is CC(C)(C)c1ccc(OCCCCCCCCCCCCCCOc2ccc(C(C)(C)C)cc2C=C(Br)Br)c(C=C(Br)Br)c1. The molecule has 246 valence electrons. The fraction of sp³-hybridized carbons (Fsp3) is 0.579. The van der Waals surface area contributed by atoms with Gasteiger partial charge in [-0.3, -0.25) is 0 Å². The number of hydrogen-bond donors (Lipinski definition) is 0. The maximum absolute atomic E-state index is 6.17. The molecule has 2 aromatic carbocycles. The molecule has 0 radical (unpaired) electrons. The van der Waals surface area contributed by atoms with Gasteiger partial charge in [0.25, 0.3) is 0 Å². The summed E-state index contributed by atoms with van der Waals surface area (Å²) in [4.78, 5) is 0. The third-order valence-corrected chi connectivity index (χ3v) is 8.75. The second kappa shape index (κ2) is 20.6. The molecular weight excluding hydrogens is 808 g/mol. The molecule has 6 heteroatoms. The Bertz CT molecular complexity index is 1090. The summed E-state index contributed by atoms with van der Waals surface area (Å²) in [6.07, 6.45) is 19.5. The highest BCUT2D eigenvalue weighted by atomic mass is 79.9. The van der Waals surface area contributed by atoms with E-state index in [0.29, 0.717) is 0 Å². The number of hydrogen-bond acceptors (Lipinski definition) is 2. The summed E-state index contributed by atoms with van der Waals surface area (Å²) in [5.41, 5.74) is 5.08. The van der Waals surface area contributed by atoms with Crippen molar-refractivity contribution in [1.82, 2.24) is 0 Å². The van der Waals surface area contributed by atoms with E-state index in [-0.39, 0.29) is 10.8 Å². The lowest BCUT2D eigenvalue weighted by molar-refractivity contribution is 0.303. The summed E-state index contributed by atoms with van der Waals surface area (Å²) < 4.78 is 14.2. The minimum Gasteiger partial charge on any atom is -0.493 e. The number of benzene rings is 2. The molecule has 0 fully saturated rings. The van der Waals surface area contributed by atoms with Crippen LogP contribution in [0.4, 0.5) is 0 Å². The van der Waals surface area contributed by atoms with Gasteiger partial charge < -0.3 is 9.47 Å². The lowest BCUT2D eigenvalue weighted by atomic mass is 9.86. The minimum atomic E-state index is 0.115. The molecule has 0 saturated carbocycles. The Morgan fingerprint density at radius 2 is 0.795 bits per heavy atom. The van der Waals surface area contributed by atoms with Crippen molar-refractivity contribution in [3.63, 3.8) is 0 Å². The van der Waals surface area contributed by atoms with Gasteiger partial charge >= 0.3 is 0 Å². The molecule has 0 aliphatic carbocycles. The molecule has 0 aliphatic rings. The van der Waals surface area contributed by atoms with Gasteiger partial charge in [0.1, 0.15) is 11.5 Å². The molecule has 2 rings (SSSR count). The zero-order valence-electron chi connectivity index (χ0n) is 27.8. The van der Waals surface area contributed by atoms with E-state index in [4.69, 9.17) is 9.47 Å². The van der Waals surface area contributed by atoms with Gasteiger partial charge in [-0.05, 0) is 135 Å². The lowest BCUT2D eigenvalue weighted by Crippen LogP contribution is -2.11. The first-order valence-electron chi connectivity index (χ1n) is 16.4. The molecule has 0 amide bonds. The Morgan fingerprint density at radius 1 is 0.500 bits per heavy atom. The standard InChI is InChI=1S/C38H54Br4O2/c1-37(2,3)31-19-21-33(29(25-31)27-35(39)40)43-23-17-15-13-11-9-7-8-10-12-14-16-18-24-44-34-22-20-32(38(4,5)6)26-30(34)28-36(41)42/h19-22,25-28H,7-18,23-24H2,1-6H3. The fourth-order valence-corrected chi connectivity index (χ4v) is 6.08. The van der Waals surface area contributed by atoms with Crippen LogP contribution in [0.5, 0.6) is 11.5 Å². The van der Waals surface area contributed by atoms with Crippen LogP contribution in [-0.2, 0) is 10.8 Å². The van der Waals surface area contributed by atoms with Crippen molar-refractivity contribution >= 4 is 75.9 Å². The van der Waals surface area contributed by atoms with Crippen molar-refractivity contribution in [3.8, 4) is 11.5 Å². The van der Waals surface area contributed by atoms with E-state index in [9.17, 15) is 0 Å². The lowest BCUT2D eigenvalue weighted by Gasteiger charge is -2.21. The van der Waals surface area contributed by atoms with Crippen molar-refractivity contribution in [1.29, 1.82) is 0 Å². The maximum atomic E-state index is 6.17. The summed E-state index contributed by atoms with van der Waals surface area (Å²) in [7, 11) is 0. The van der Waals surface area contributed by atoms with Gasteiger partial charge in [-0.1, -0.05) is 118 Å². The normalized spacial score (nSPS) is 11.8. The first-order chi connectivity index (χ1) is 20.8. The third kappa shape index (κ3) is 16.3. The van der Waals surface area contributed by atoms with Gasteiger partial charge in [0.15, 0.2) is 0 Å². The van der Waals surface area contributed by atoms with Crippen LogP contribution in [0.25, 0.3) is 12.2 Å². The molecule has 2 nitrogen and oxygen atoms in total. The summed E-state index contributed by atoms with van der Waals surface area (Å²) in [5.74, 6) is 1.91. The Kier molecular flexibility index (Phi) is 18.6. The summed E-state index contributed by atoms with van der Waals surface area (Å²) >= 11 is 14.0. The maximum Gasteiger partial charge on any atom is 0.126 e. The Morgan fingerprint density at radius 3 is 1.07 bits per heavy atom. The van der Waals surface area contributed by atoms with Crippen molar-refractivity contribution in [2.24, 2.45) is 0 Å². The van der Waals surface area contributed by atoms with Gasteiger partial charge in [0, 0.05) is 11.1 Å². The van der Waals surface area contributed by atoms with Gasteiger partial charge in [-0.15, -0.1) is 0 Å². The topological polar surface area (TPSA) is 18.5 Å². The van der Waals surface area contributed by atoms with Gasteiger partial charge in [0.2, 0.25) is 0 Å². The molecule has 0 atom stereocenters. The van der Waals surface area contributed by atoms with Gasteiger partial charge in [0.05, 0.1) is 20.0 Å². The predicted octanol–water partition coefficient (Wildman–Crippen LogP) is 14.6. The summed E-state index contributed by atoms with van der Waals surface area (Å²) in [6, 6.07) is 13.1. The van der Waals surface area contributed by atoms with Crippen LogP contribution in [0.2, 0.25) is 0 Å². The largest absolute Gasteiger partial charge is 0.493 e. The first kappa shape index (κ1) is 39.6. The number of ether oxygens (including phenoxy) is 2. The molecule has 0 spiro atoms. The molecule has 0 N–H and O–H groups in total. The van der Waals surface area contributed by atoms with Crippen LogP contribution in [0.3, 0.4) is 0 Å². The van der Waals surface area contributed by atoms with Crippen LogP contribution in [0, 0.1) is 0 Å². The fourth-order valence-electron chi connectivity index (χ4n) is 5.09. The van der Waals surface area contributed by atoms with Crippen LogP contribution in [-0.4, -0.2) is 13.2 Å². The van der Waals surface area contributed by atoms with Crippen molar-refractivity contribution in [3.05, 3.63) is 65.4 Å². The summed E-state index contributed by atoms with van der Waals surface area (Å²) in [5, 5.41) is 0. The third-order valence-electron chi connectivity index (χ3n) is 7.83. The van der Waals surface area contributed by atoms with Crippen LogP contribution < -0.4 is 9.47 Å². The van der Waals surface area contributed by atoms with Crippen LogP contribution in [0.1, 0.15) is 141 Å². The molecular formula is C38H54Br4O2. The highest BCUT2D eigenvalue weighted by Crippen LogP contribution is 2.33. The van der Waals surface area contributed by atoms with E-state index in [1.54, 1.807) is 0 Å². The van der Waals surface area contributed by atoms with Crippen molar-refractivity contribution in [2.45, 2.75) is 129 Å². The van der Waals surface area contributed by atoms with E-state index in [1.165, 1.54) is 75.3 Å². The zero-order chi connectivity index (χ0) is 32.6. The highest BCUT2D eigenvalue weighted by Gasteiger charge is 2.17. The number of halogens is 4. The van der Waals surface area contributed by atoms with E-state index in [1.807, 2.05) is 0 Å². The van der Waals surface area contributed by atoms with E-state index in [0.717, 1.165) is 55.5 Å². The average molecular weight is 862 g/mol. The molecule has 0 aromatic heterocycles. The highest BCUT2D eigenvalue weighted by molar-refractivity contribution is 9.28. The van der Waals surface area contributed by atoms with Gasteiger partial charge in [-0.25, -0.2) is 0 Å². The first-order valence-corrected chi connectivity index (χ1v) is 19.5. The molecule has 2 aromatic rings. The van der Waals surface area contributed by atoms with E-state index >= 15 is 0 Å². The molecule has 0 aliphatic heterocycles. The summed E-state index contributed by atoms with van der Waals surface area (Å²) in [6.45, 7) is 15.0. The molecule has 0 heterocycles. The van der Waals surface area contributed by atoms with E-state index in [2.05, 4.69) is 154 Å². The zero-order valence-corrected chi connectivity index (χ0v) is 34.2. The minimum absolute atomic E-state index is 0.115. The Balaban J connectivity index is 1.51. The second-order valence-electron chi connectivity index (χ2n) is 13.8. The Labute approximate surface area is 302 Å². The van der Waals surface area contributed by atoms with E-state index < -0.39 is 0 Å². The number of unbranched alkanes of at least 4 members (excludes halogenated alkanes) is 11. The quantitative estimate of drug-likeness (QED) is 0.131. The Hall–Kier alpha value is -0.560. The molecule has 0 unspecified atom stereocenters. The average Bonchev–Trinajstić information content (AvgIpc) is 2.92. The molecule has 0 bridgehead atoms. The smallest absolute Gasteiger partial charge is 0.126 e. The van der Waals surface area contributed by atoms with Crippen molar-refractivity contribution in [2.75, 3.05) is 13.2 Å². The molecule has 44 heavy (non-hydrogen) atoms. The van der Waals surface area contributed by atoms with Crippen molar-refractivity contribution < 1.29 is 9.47 Å². The molecule has 0 saturated heterocycles.